The molecule has 2 aromatic carbocycles. The number of fused-ring (bicyclic) bond motifs is 1. The molecule has 1 fully saturated rings. The monoisotopic (exact) mass is 407 g/mol. The number of nitrogens with zero attached hydrogens (tertiary/aromatic N) is 3. The summed E-state index contributed by atoms with van der Waals surface area (Å²) in [6.45, 7) is 4.32. The summed E-state index contributed by atoms with van der Waals surface area (Å²) >= 11 is 1.38. The number of imide groups is 1. The summed E-state index contributed by atoms with van der Waals surface area (Å²) in [6.07, 6.45) is 0.565. The van der Waals surface area contributed by atoms with Gasteiger partial charge in [-0.25, -0.2) is 4.98 Å². The Bertz CT molecular complexity index is 1170. The Balaban J connectivity index is 1.76. The van der Waals surface area contributed by atoms with Crippen molar-refractivity contribution in [2.75, 3.05) is 12.3 Å². The fourth-order valence-electron chi connectivity index (χ4n) is 3.50. The fraction of sp³-hybridized carbons (Fsp3) is 0.273. The first kappa shape index (κ1) is 19.4. The van der Waals surface area contributed by atoms with Crippen LogP contribution in [0.1, 0.15) is 24.0 Å². The lowest BCUT2D eigenvalue weighted by atomic mass is 10.1. The topological polar surface area (TPSA) is 72.3 Å². The number of aromatic nitrogens is 2. The Hall–Kier alpha value is -2.93. The van der Waals surface area contributed by atoms with Crippen molar-refractivity contribution in [3.63, 3.8) is 0 Å². The van der Waals surface area contributed by atoms with Gasteiger partial charge in [-0.2, -0.15) is 0 Å². The number of hydrogen-bond acceptors (Lipinski definition) is 5. The van der Waals surface area contributed by atoms with Gasteiger partial charge in [0.15, 0.2) is 5.16 Å². The minimum Gasteiger partial charge on any atom is -0.282 e. The van der Waals surface area contributed by atoms with Crippen LogP contribution in [0.2, 0.25) is 0 Å². The zero-order valence-corrected chi connectivity index (χ0v) is 17.2. The molecule has 2 amide bonds. The highest BCUT2D eigenvalue weighted by Crippen LogP contribution is 2.25. The van der Waals surface area contributed by atoms with Crippen molar-refractivity contribution in [1.29, 1.82) is 0 Å². The minimum atomic E-state index is -0.131. The Morgan fingerprint density at radius 3 is 2.45 bits per heavy atom. The van der Waals surface area contributed by atoms with Gasteiger partial charge in [-0.05, 0) is 43.2 Å². The van der Waals surface area contributed by atoms with Gasteiger partial charge in [-0.1, -0.05) is 36.0 Å². The average Bonchev–Trinajstić information content (AvgIpc) is 3.03. The summed E-state index contributed by atoms with van der Waals surface area (Å²) in [5.74, 6) is 0.218. The van der Waals surface area contributed by atoms with Gasteiger partial charge in [0, 0.05) is 25.1 Å². The summed E-state index contributed by atoms with van der Waals surface area (Å²) in [5.41, 5.74) is 3.41. The normalized spacial score (nSPS) is 14.2. The third-order valence-electron chi connectivity index (χ3n) is 5.26. The van der Waals surface area contributed by atoms with Crippen molar-refractivity contribution in [2.45, 2.75) is 31.8 Å². The first-order chi connectivity index (χ1) is 14.0. The van der Waals surface area contributed by atoms with Gasteiger partial charge in [-0.15, -0.1) is 0 Å². The van der Waals surface area contributed by atoms with Crippen LogP contribution in [-0.4, -0.2) is 38.6 Å². The number of thioether (sulfide) groups is 1. The molecule has 2 heterocycles. The predicted octanol–water partition coefficient (Wildman–Crippen LogP) is 3.24. The highest BCUT2D eigenvalue weighted by atomic mass is 32.2. The third-order valence-corrected chi connectivity index (χ3v) is 6.18. The van der Waals surface area contributed by atoms with E-state index >= 15 is 0 Å². The summed E-state index contributed by atoms with van der Waals surface area (Å²) in [4.78, 5) is 43.1. The van der Waals surface area contributed by atoms with E-state index in [1.54, 1.807) is 10.6 Å². The van der Waals surface area contributed by atoms with Crippen molar-refractivity contribution >= 4 is 34.5 Å². The van der Waals surface area contributed by atoms with Gasteiger partial charge in [0.1, 0.15) is 0 Å². The lowest BCUT2D eigenvalue weighted by Crippen LogP contribution is -2.31. The summed E-state index contributed by atoms with van der Waals surface area (Å²) in [7, 11) is 0. The second-order valence-corrected chi connectivity index (χ2v) is 8.12. The molecule has 4 rings (SSSR count). The molecule has 7 heteroatoms. The van der Waals surface area contributed by atoms with Crippen LogP contribution in [0.5, 0.6) is 0 Å². The summed E-state index contributed by atoms with van der Waals surface area (Å²) < 4.78 is 1.64. The van der Waals surface area contributed by atoms with E-state index in [4.69, 9.17) is 4.98 Å². The van der Waals surface area contributed by atoms with Crippen LogP contribution in [0.15, 0.2) is 52.4 Å². The molecule has 0 N–H and O–H groups in total. The quantitative estimate of drug-likeness (QED) is 0.369. The molecule has 1 aliphatic rings. The standard InChI is InChI=1S/C22H21N3O3S/c1-14-6-5-9-18(15(14)2)25-21(28)16-7-3-4-8-17(16)23-22(25)29-13-12-24-19(26)10-11-20(24)27/h3-9H,10-13H2,1-2H3. The molecule has 0 unspecified atom stereocenters. The summed E-state index contributed by atoms with van der Waals surface area (Å²) in [6, 6.07) is 13.1. The summed E-state index contributed by atoms with van der Waals surface area (Å²) in [5, 5.41) is 1.11. The van der Waals surface area contributed by atoms with Gasteiger partial charge >= 0.3 is 0 Å². The molecule has 0 aliphatic carbocycles. The van der Waals surface area contributed by atoms with Gasteiger partial charge < -0.3 is 0 Å². The van der Waals surface area contributed by atoms with Crippen molar-refractivity contribution in [2.24, 2.45) is 0 Å². The van der Waals surface area contributed by atoms with E-state index in [0.717, 1.165) is 16.8 Å². The minimum absolute atomic E-state index is 0.125. The van der Waals surface area contributed by atoms with E-state index < -0.39 is 0 Å². The second-order valence-electron chi connectivity index (χ2n) is 7.06. The van der Waals surface area contributed by atoms with E-state index in [9.17, 15) is 14.4 Å². The second kappa shape index (κ2) is 7.83. The maximum atomic E-state index is 13.3. The number of likely N-dealkylation sites (tertiary alicyclic amines) is 1. The zero-order valence-electron chi connectivity index (χ0n) is 16.3. The van der Waals surface area contributed by atoms with Gasteiger partial charge in [0.2, 0.25) is 11.8 Å². The average molecular weight is 407 g/mol. The molecular weight excluding hydrogens is 386 g/mol. The lowest BCUT2D eigenvalue weighted by Gasteiger charge is -2.17. The Kier molecular flexibility index (Phi) is 5.24. The molecule has 1 aliphatic heterocycles. The van der Waals surface area contributed by atoms with E-state index in [0.29, 0.717) is 28.4 Å². The first-order valence-corrected chi connectivity index (χ1v) is 10.5. The lowest BCUT2D eigenvalue weighted by molar-refractivity contribution is -0.137. The molecule has 1 aromatic heterocycles. The van der Waals surface area contributed by atoms with E-state index in [2.05, 4.69) is 0 Å². The van der Waals surface area contributed by atoms with Crippen molar-refractivity contribution < 1.29 is 9.59 Å². The number of para-hydroxylation sites is 1. The largest absolute Gasteiger partial charge is 0.282 e. The fourth-order valence-corrected chi connectivity index (χ4v) is 4.43. The number of amides is 2. The molecule has 29 heavy (non-hydrogen) atoms. The molecule has 0 bridgehead atoms. The number of carbonyl (C=O) groups is 2. The Morgan fingerprint density at radius 2 is 1.69 bits per heavy atom. The van der Waals surface area contributed by atoms with Gasteiger partial charge in [0.05, 0.1) is 16.6 Å². The van der Waals surface area contributed by atoms with Crippen molar-refractivity contribution in [3.8, 4) is 5.69 Å². The van der Waals surface area contributed by atoms with Crippen molar-refractivity contribution in [3.05, 3.63) is 63.9 Å². The van der Waals surface area contributed by atoms with E-state index in [1.807, 2.05) is 50.2 Å². The Labute approximate surface area is 172 Å². The Morgan fingerprint density at radius 1 is 0.966 bits per heavy atom. The molecule has 0 spiro atoms. The molecular formula is C22H21N3O3S. The van der Waals surface area contributed by atoms with Gasteiger partial charge in [-0.3, -0.25) is 23.9 Å². The molecule has 0 saturated carbocycles. The smallest absolute Gasteiger partial charge is 0.266 e. The van der Waals surface area contributed by atoms with E-state index in [-0.39, 0.29) is 30.2 Å². The van der Waals surface area contributed by atoms with Crippen LogP contribution < -0.4 is 5.56 Å². The van der Waals surface area contributed by atoms with Crippen LogP contribution in [0.3, 0.4) is 0 Å². The predicted molar refractivity (Wildman–Crippen MR) is 113 cm³/mol. The molecule has 0 atom stereocenters. The molecule has 1 saturated heterocycles. The first-order valence-electron chi connectivity index (χ1n) is 9.52. The number of carbonyl (C=O) groups excluding carboxylic acids is 2. The maximum absolute atomic E-state index is 13.3. The number of aryl methyl sites for hydroxylation is 1. The van der Waals surface area contributed by atoms with E-state index in [1.165, 1.54) is 16.7 Å². The van der Waals surface area contributed by atoms with Crippen molar-refractivity contribution in [1.82, 2.24) is 14.5 Å². The molecule has 148 valence electrons. The highest BCUT2D eigenvalue weighted by molar-refractivity contribution is 7.99. The van der Waals surface area contributed by atoms with Gasteiger partial charge in [0.25, 0.3) is 5.56 Å². The van der Waals surface area contributed by atoms with Crippen LogP contribution in [0.4, 0.5) is 0 Å². The highest BCUT2D eigenvalue weighted by Gasteiger charge is 2.28. The maximum Gasteiger partial charge on any atom is 0.266 e. The third kappa shape index (κ3) is 3.58. The van der Waals surface area contributed by atoms with Crippen LogP contribution in [0, 0.1) is 13.8 Å². The SMILES string of the molecule is Cc1cccc(-n2c(SCCN3C(=O)CCC3=O)nc3ccccc3c2=O)c1C. The van der Waals surface area contributed by atoms with Crippen LogP contribution in [0.25, 0.3) is 16.6 Å². The van der Waals surface area contributed by atoms with Crippen LogP contribution in [-0.2, 0) is 9.59 Å². The zero-order chi connectivity index (χ0) is 20.5. The number of hydrogen-bond donors (Lipinski definition) is 0. The van der Waals surface area contributed by atoms with Crippen LogP contribution >= 0.6 is 11.8 Å². The number of rotatable bonds is 5. The molecule has 0 radical (unpaired) electrons. The molecule has 3 aromatic rings. The number of benzene rings is 2. The molecule has 6 nitrogen and oxygen atoms in total.